The molecule has 0 spiro atoms. The molecule has 2 N–H and O–H groups in total. The van der Waals surface area contributed by atoms with Crippen molar-refractivity contribution in [1.82, 2.24) is 0 Å². The summed E-state index contributed by atoms with van der Waals surface area (Å²) in [5.74, 6) is 0. The quantitative estimate of drug-likeness (QED) is 0.174. The molecule has 0 bridgehead atoms. The van der Waals surface area contributed by atoms with Gasteiger partial charge in [0.25, 0.3) is 0 Å². The van der Waals surface area contributed by atoms with Crippen LogP contribution in [0.15, 0.2) is 0 Å². The normalized spacial score (nSPS) is 22.9. The summed E-state index contributed by atoms with van der Waals surface area (Å²) in [5.41, 5.74) is 0. The topological polar surface area (TPSA) is 105 Å². The van der Waals surface area contributed by atoms with Crippen LogP contribution in [-0.4, -0.2) is 188 Å². The molecule has 12 radical (unpaired) electrons. The molecule has 0 aromatic rings. The molecule has 4 atom stereocenters. The Kier molecular flexibility index (Phi) is 13.7. The first kappa shape index (κ1) is 22.2. The summed E-state index contributed by atoms with van der Waals surface area (Å²) in [7, 11) is 0. The van der Waals surface area contributed by atoms with Crippen molar-refractivity contribution in [3.8, 4) is 0 Å². The average Bonchev–Trinajstić information content (AvgIpc) is 2.39. The van der Waals surface area contributed by atoms with Gasteiger partial charge in [0, 0.05) is 0 Å². The Labute approximate surface area is 196 Å². The van der Waals surface area contributed by atoms with Crippen LogP contribution in [0.2, 0.25) is 0 Å². The molecule has 1 saturated heterocycles. The number of aliphatic hydroxyl groups is 2. The van der Waals surface area contributed by atoms with Crippen molar-refractivity contribution in [3.05, 3.63) is 0 Å². The van der Waals surface area contributed by atoms with Crippen LogP contribution < -0.4 is 0 Å². The molecular formula is C4H8O9Pb6. The second-order valence-electron chi connectivity index (χ2n) is 3.14. The minimum absolute atomic E-state index is 0.186. The zero-order valence-electron chi connectivity index (χ0n) is 9.22. The predicted octanol–water partition coefficient (Wildman–Crippen LogP) is -4.74. The van der Waals surface area contributed by atoms with Gasteiger partial charge in [-0.3, -0.25) is 0 Å². The number of hydrogen-bond acceptors (Lipinski definition) is 9. The van der Waals surface area contributed by atoms with E-state index in [2.05, 4.69) is 0 Å². The van der Waals surface area contributed by atoms with Crippen molar-refractivity contribution in [3.63, 3.8) is 0 Å². The van der Waals surface area contributed by atoms with Gasteiger partial charge in [-0.1, -0.05) is 0 Å². The molecule has 0 amide bonds. The zero-order valence-corrected chi connectivity index (χ0v) is 33.7. The van der Waals surface area contributed by atoms with E-state index in [-0.39, 0.29) is 26.2 Å². The Morgan fingerprint density at radius 2 is 1.58 bits per heavy atom. The summed E-state index contributed by atoms with van der Waals surface area (Å²) in [6.45, 7) is 0. The van der Waals surface area contributed by atoms with Crippen molar-refractivity contribution in [1.29, 1.82) is 0 Å². The molecule has 0 saturated carbocycles. The van der Waals surface area contributed by atoms with Gasteiger partial charge >= 0.3 is 201 Å². The Hall–Kier alpha value is 5.17. The second-order valence-corrected chi connectivity index (χ2v) is 37.3. The number of aliphatic hydroxyl groups excluding tert-OH is 2. The van der Waals surface area contributed by atoms with E-state index in [1.165, 1.54) is 0 Å². The molecule has 1 aliphatic rings. The fraction of sp³-hybridized carbons (Fsp3) is 1.00. The Morgan fingerprint density at radius 1 is 1.05 bits per heavy atom. The Morgan fingerprint density at radius 3 is 1.89 bits per heavy atom. The molecule has 1 aliphatic heterocycles. The average molecular weight is 1440 g/mol. The number of rotatable bonds is 9. The molecule has 19 heavy (non-hydrogen) atoms. The van der Waals surface area contributed by atoms with Crippen molar-refractivity contribution >= 4 is 153 Å². The summed E-state index contributed by atoms with van der Waals surface area (Å²) in [6, 6.07) is 0. The van der Waals surface area contributed by atoms with Crippen molar-refractivity contribution in [2.45, 2.75) is 24.8 Å². The van der Waals surface area contributed by atoms with E-state index in [1.54, 1.807) is 0 Å². The van der Waals surface area contributed by atoms with Gasteiger partial charge in [-0.2, -0.15) is 0 Å². The summed E-state index contributed by atoms with van der Waals surface area (Å²) < 4.78 is 37.0. The Balaban J connectivity index is 2.62. The standard InChI is InChI=1S/C4H6O6.3O.6Pb.2H/c5-1(3(7)8)2(6)4(9)10;;;;;;;;;;;/h1-6H;;;;;;;;;;;/q-4;;;;;;4*+1;;. The van der Waals surface area contributed by atoms with Crippen LogP contribution in [0.1, 0.15) is 0 Å². The molecule has 1 rings (SSSR count). The van der Waals surface area contributed by atoms with Crippen LogP contribution in [0.3, 0.4) is 0 Å². The van der Waals surface area contributed by atoms with E-state index < -0.39 is 72.9 Å². The SMILES string of the molecule is OC(C([O][Pb])[O][PbH])C(O)C([O][Pb])[O][Pb]1([O][Pb])[O][PbH][O]1. The van der Waals surface area contributed by atoms with Crippen LogP contribution in [0.4, 0.5) is 0 Å². The summed E-state index contributed by atoms with van der Waals surface area (Å²) >= 11 is -4.15. The first-order valence-corrected chi connectivity index (χ1v) is 21.2. The summed E-state index contributed by atoms with van der Waals surface area (Å²) in [5, 5.41) is 20.0. The summed E-state index contributed by atoms with van der Waals surface area (Å²) in [6.07, 6.45) is -4.42. The van der Waals surface area contributed by atoms with Gasteiger partial charge in [0.2, 0.25) is 0 Å². The maximum atomic E-state index is 10.1. The molecule has 9 nitrogen and oxygen atoms in total. The van der Waals surface area contributed by atoms with Crippen molar-refractivity contribution in [2.24, 2.45) is 0 Å². The van der Waals surface area contributed by atoms with Crippen molar-refractivity contribution < 1.29 is 22.9 Å². The molecule has 1 fully saturated rings. The molecule has 0 aromatic heterocycles. The van der Waals surface area contributed by atoms with Crippen LogP contribution in [-0.2, 0) is 12.7 Å². The first-order chi connectivity index (χ1) is 9.03. The van der Waals surface area contributed by atoms with Gasteiger partial charge in [0.15, 0.2) is 0 Å². The third kappa shape index (κ3) is 6.77. The van der Waals surface area contributed by atoms with Gasteiger partial charge in [-0.15, -0.1) is 0 Å². The van der Waals surface area contributed by atoms with Crippen LogP contribution in [0, 0.1) is 0 Å². The van der Waals surface area contributed by atoms with Gasteiger partial charge in [-0.25, -0.2) is 0 Å². The van der Waals surface area contributed by atoms with Gasteiger partial charge < -0.3 is 0 Å². The second kappa shape index (κ2) is 11.7. The molecule has 0 aliphatic carbocycles. The molecule has 102 valence electrons. The maximum absolute atomic E-state index is 10.1. The molecule has 0 aromatic carbocycles. The Bertz CT molecular complexity index is 258. The molecule has 4 unspecified atom stereocenters. The number of hydrogen-bond donors (Lipinski definition) is 2. The van der Waals surface area contributed by atoms with Crippen molar-refractivity contribution in [2.75, 3.05) is 0 Å². The van der Waals surface area contributed by atoms with E-state index in [1.807, 2.05) is 0 Å². The van der Waals surface area contributed by atoms with Crippen LogP contribution in [0.25, 0.3) is 0 Å². The zero-order chi connectivity index (χ0) is 14.5. The minimum atomic E-state index is -3.95. The summed E-state index contributed by atoms with van der Waals surface area (Å²) in [4.78, 5) is 0. The third-order valence-electron chi connectivity index (χ3n) is 2.04. The fourth-order valence-corrected chi connectivity index (χ4v) is 56.5. The van der Waals surface area contributed by atoms with Gasteiger partial charge in [-0.05, 0) is 0 Å². The monoisotopic (exact) mass is 1450 g/mol. The fourth-order valence-electron chi connectivity index (χ4n) is 1.06. The van der Waals surface area contributed by atoms with E-state index in [0.29, 0.717) is 78.7 Å². The van der Waals surface area contributed by atoms with Crippen LogP contribution in [0.5, 0.6) is 0 Å². The van der Waals surface area contributed by atoms with E-state index in [9.17, 15) is 10.2 Å². The molecule has 15 heteroatoms. The van der Waals surface area contributed by atoms with E-state index in [0.717, 1.165) is 0 Å². The van der Waals surface area contributed by atoms with Crippen LogP contribution >= 0.6 is 0 Å². The third-order valence-corrected chi connectivity index (χ3v) is 45.7. The van der Waals surface area contributed by atoms with E-state index >= 15 is 0 Å². The van der Waals surface area contributed by atoms with Gasteiger partial charge in [0.1, 0.15) is 0 Å². The molecule has 1 heterocycles. The first-order valence-electron chi connectivity index (χ1n) is 4.60. The predicted molar refractivity (Wildman–Crippen MR) is 64.5 cm³/mol. The molecular weight excluding hydrogens is 1440 g/mol. The van der Waals surface area contributed by atoms with Gasteiger partial charge in [0.05, 0.1) is 0 Å². The van der Waals surface area contributed by atoms with E-state index in [4.69, 9.17) is 12.7 Å².